The topological polar surface area (TPSA) is 38.0 Å². The van der Waals surface area contributed by atoms with Crippen LogP contribution >= 0.6 is 0 Å². The Balaban J connectivity index is 1.51. The molecule has 4 fully saturated rings. The minimum Gasteiger partial charge on any atom is -0.392 e. The smallest absolute Gasteiger partial charge is 0.0638 e. The first-order chi connectivity index (χ1) is 9.67. The summed E-state index contributed by atoms with van der Waals surface area (Å²) in [7, 11) is 0. The van der Waals surface area contributed by atoms with Crippen LogP contribution in [0.4, 0.5) is 0 Å². The van der Waals surface area contributed by atoms with Crippen LogP contribution in [0.5, 0.6) is 0 Å². The van der Waals surface area contributed by atoms with Gasteiger partial charge in [-0.25, -0.2) is 0 Å². The maximum absolute atomic E-state index is 10.9. The lowest BCUT2D eigenvalue weighted by Crippen LogP contribution is -2.52. The van der Waals surface area contributed by atoms with Crippen molar-refractivity contribution in [3.8, 4) is 0 Å². The summed E-state index contributed by atoms with van der Waals surface area (Å²) in [4.78, 5) is 0. The number of aromatic nitrogens is 2. The minimum absolute atomic E-state index is 0.162. The normalized spacial score (nSPS) is 40.2. The van der Waals surface area contributed by atoms with Crippen LogP contribution in [0.3, 0.4) is 0 Å². The summed E-state index contributed by atoms with van der Waals surface area (Å²) < 4.78 is 1.96. The van der Waals surface area contributed by atoms with Gasteiger partial charge in [0.15, 0.2) is 0 Å². The molecule has 1 N–H and O–H groups in total. The fourth-order valence-corrected chi connectivity index (χ4v) is 5.71. The highest BCUT2D eigenvalue weighted by Gasteiger charge is 2.53. The third-order valence-corrected chi connectivity index (χ3v) is 6.23. The molecule has 0 spiro atoms. The summed E-state index contributed by atoms with van der Waals surface area (Å²) in [6.45, 7) is 3.01. The van der Waals surface area contributed by atoms with Gasteiger partial charge in [-0.05, 0) is 74.2 Å². The quantitative estimate of drug-likeness (QED) is 0.916. The van der Waals surface area contributed by atoms with E-state index in [4.69, 9.17) is 0 Å². The Morgan fingerprint density at radius 3 is 2.35 bits per heavy atom. The lowest BCUT2D eigenvalue weighted by atomic mass is 9.48. The third kappa shape index (κ3) is 2.02. The summed E-state index contributed by atoms with van der Waals surface area (Å²) in [6.07, 6.45) is 12.8. The lowest BCUT2D eigenvalue weighted by molar-refractivity contribution is -0.119. The molecule has 4 aliphatic rings. The summed E-state index contributed by atoms with van der Waals surface area (Å²) in [5.41, 5.74) is 1.44. The zero-order valence-corrected chi connectivity index (χ0v) is 12.5. The summed E-state index contributed by atoms with van der Waals surface area (Å²) in [5, 5.41) is 15.3. The van der Waals surface area contributed by atoms with Gasteiger partial charge in [-0.2, -0.15) is 5.10 Å². The summed E-state index contributed by atoms with van der Waals surface area (Å²) in [5.74, 6) is 2.73. The SMILES string of the molecule is CCn1cc(CC(O)C23CC4CC(CC(C4)C2)C3)cn1. The highest BCUT2D eigenvalue weighted by Crippen LogP contribution is 2.61. The van der Waals surface area contributed by atoms with Crippen molar-refractivity contribution in [2.75, 3.05) is 0 Å². The van der Waals surface area contributed by atoms with E-state index in [1.54, 1.807) is 0 Å². The molecule has 0 amide bonds. The number of nitrogens with zero attached hydrogens (tertiary/aromatic N) is 2. The van der Waals surface area contributed by atoms with Gasteiger partial charge in [0.1, 0.15) is 0 Å². The van der Waals surface area contributed by atoms with Crippen molar-refractivity contribution in [1.29, 1.82) is 0 Å². The van der Waals surface area contributed by atoms with Crippen LogP contribution in [0.2, 0.25) is 0 Å². The molecule has 0 aliphatic heterocycles. The van der Waals surface area contributed by atoms with Crippen LogP contribution in [0.1, 0.15) is 51.0 Å². The Hall–Kier alpha value is -0.830. The molecule has 4 bridgehead atoms. The molecule has 4 saturated carbocycles. The van der Waals surface area contributed by atoms with E-state index in [2.05, 4.69) is 18.2 Å². The Bertz CT molecular complexity index is 458. The largest absolute Gasteiger partial charge is 0.392 e. The van der Waals surface area contributed by atoms with E-state index in [9.17, 15) is 5.11 Å². The first kappa shape index (κ1) is 12.9. The van der Waals surface area contributed by atoms with Crippen molar-refractivity contribution in [1.82, 2.24) is 9.78 Å². The molecule has 110 valence electrons. The molecule has 1 unspecified atom stereocenters. The van der Waals surface area contributed by atoms with Gasteiger partial charge in [-0.1, -0.05) is 0 Å². The zero-order valence-electron chi connectivity index (χ0n) is 12.5. The summed E-state index contributed by atoms with van der Waals surface area (Å²) >= 11 is 0. The predicted molar refractivity (Wildman–Crippen MR) is 78.2 cm³/mol. The predicted octanol–water partition coefficient (Wildman–Crippen LogP) is 3.02. The van der Waals surface area contributed by atoms with Gasteiger partial charge in [-0.3, -0.25) is 4.68 Å². The fraction of sp³-hybridized carbons (Fsp3) is 0.824. The van der Waals surface area contributed by atoms with Crippen molar-refractivity contribution < 1.29 is 5.11 Å². The van der Waals surface area contributed by atoms with Gasteiger partial charge >= 0.3 is 0 Å². The highest BCUT2D eigenvalue weighted by atomic mass is 16.3. The lowest BCUT2D eigenvalue weighted by Gasteiger charge is -2.58. The Labute approximate surface area is 121 Å². The second kappa shape index (κ2) is 4.59. The van der Waals surface area contributed by atoms with Crippen LogP contribution in [-0.2, 0) is 13.0 Å². The van der Waals surface area contributed by atoms with Crippen LogP contribution in [0.15, 0.2) is 12.4 Å². The number of hydrogen-bond acceptors (Lipinski definition) is 2. The number of aliphatic hydroxyl groups is 1. The van der Waals surface area contributed by atoms with E-state index in [1.807, 2.05) is 10.9 Å². The third-order valence-electron chi connectivity index (χ3n) is 6.23. The Morgan fingerprint density at radius 1 is 1.25 bits per heavy atom. The van der Waals surface area contributed by atoms with E-state index in [1.165, 1.54) is 44.1 Å². The molecule has 1 aromatic rings. The second-order valence-electron chi connectivity index (χ2n) is 7.70. The van der Waals surface area contributed by atoms with Gasteiger partial charge < -0.3 is 5.11 Å². The van der Waals surface area contributed by atoms with Crippen LogP contribution in [-0.4, -0.2) is 21.0 Å². The number of hydrogen-bond donors (Lipinski definition) is 1. The molecule has 1 atom stereocenters. The molecule has 3 heteroatoms. The van der Waals surface area contributed by atoms with Crippen LogP contribution in [0.25, 0.3) is 0 Å². The van der Waals surface area contributed by atoms with Crippen LogP contribution < -0.4 is 0 Å². The van der Waals surface area contributed by atoms with Gasteiger partial charge in [0.25, 0.3) is 0 Å². The van der Waals surface area contributed by atoms with Gasteiger partial charge in [0.2, 0.25) is 0 Å². The van der Waals surface area contributed by atoms with E-state index in [-0.39, 0.29) is 11.5 Å². The molecule has 5 rings (SSSR count). The number of aryl methyl sites for hydroxylation is 1. The first-order valence-corrected chi connectivity index (χ1v) is 8.36. The molecule has 20 heavy (non-hydrogen) atoms. The summed E-state index contributed by atoms with van der Waals surface area (Å²) in [6, 6.07) is 0. The number of rotatable bonds is 4. The van der Waals surface area contributed by atoms with Crippen molar-refractivity contribution in [2.45, 2.75) is 64.5 Å². The monoisotopic (exact) mass is 274 g/mol. The van der Waals surface area contributed by atoms with E-state index in [0.717, 1.165) is 30.7 Å². The molecule has 3 nitrogen and oxygen atoms in total. The zero-order chi connectivity index (χ0) is 13.7. The molecule has 0 aromatic carbocycles. The Morgan fingerprint density at radius 2 is 1.85 bits per heavy atom. The van der Waals surface area contributed by atoms with Gasteiger partial charge in [0.05, 0.1) is 12.3 Å². The van der Waals surface area contributed by atoms with E-state index in [0.29, 0.717) is 0 Å². The molecular weight excluding hydrogens is 248 g/mol. The standard InChI is InChI=1S/C17H26N2O/c1-2-19-11-15(10-18-19)6-16(20)17-7-12-3-13(8-17)5-14(4-12)9-17/h10-14,16,20H,2-9H2,1H3. The maximum Gasteiger partial charge on any atom is 0.0638 e. The molecule has 1 heterocycles. The van der Waals surface area contributed by atoms with E-state index < -0.39 is 0 Å². The molecule has 4 aliphatic carbocycles. The van der Waals surface area contributed by atoms with Crippen molar-refractivity contribution in [3.63, 3.8) is 0 Å². The molecule has 0 saturated heterocycles. The molecule has 1 aromatic heterocycles. The second-order valence-corrected chi connectivity index (χ2v) is 7.70. The van der Waals surface area contributed by atoms with Gasteiger partial charge in [-0.15, -0.1) is 0 Å². The van der Waals surface area contributed by atoms with Crippen molar-refractivity contribution >= 4 is 0 Å². The molecule has 0 radical (unpaired) electrons. The highest BCUT2D eigenvalue weighted by molar-refractivity contribution is 5.11. The number of aliphatic hydroxyl groups excluding tert-OH is 1. The van der Waals surface area contributed by atoms with Crippen molar-refractivity contribution in [3.05, 3.63) is 18.0 Å². The average Bonchev–Trinajstić information content (AvgIpc) is 2.85. The van der Waals surface area contributed by atoms with Gasteiger partial charge in [0, 0.05) is 19.2 Å². The minimum atomic E-state index is -0.162. The fourth-order valence-electron chi connectivity index (χ4n) is 5.71. The Kier molecular flexibility index (Phi) is 2.95. The van der Waals surface area contributed by atoms with Crippen molar-refractivity contribution in [2.24, 2.45) is 23.2 Å². The molecular formula is C17H26N2O. The maximum atomic E-state index is 10.9. The van der Waals surface area contributed by atoms with Crippen LogP contribution in [0, 0.1) is 23.2 Å². The first-order valence-electron chi connectivity index (χ1n) is 8.36. The average molecular weight is 274 g/mol. The van der Waals surface area contributed by atoms with E-state index >= 15 is 0 Å².